The fraction of sp³-hybridized carbons (Fsp3) is 0.278. The maximum Gasteiger partial charge on any atom is 0.261 e. The van der Waals surface area contributed by atoms with Crippen LogP contribution < -0.4 is 19.5 Å². The number of fused-ring (bicyclic) bond motifs is 1. The van der Waals surface area contributed by atoms with E-state index in [1.165, 1.54) is 24.3 Å². The van der Waals surface area contributed by atoms with Gasteiger partial charge in [-0.3, -0.25) is 9.52 Å². The number of carbonyl (C=O) groups excluding carboxylic acids is 1. The van der Waals surface area contributed by atoms with Gasteiger partial charge in [0, 0.05) is 18.2 Å². The molecule has 0 unspecified atom stereocenters. The molecular formula is C18H20N2O5S. The smallest absolute Gasteiger partial charge is 0.261 e. The van der Waals surface area contributed by atoms with Crippen LogP contribution in [0.3, 0.4) is 0 Å². The molecule has 8 heteroatoms. The summed E-state index contributed by atoms with van der Waals surface area (Å²) in [7, 11) is -3.77. The van der Waals surface area contributed by atoms with Crippen LogP contribution in [0.15, 0.2) is 47.4 Å². The quantitative estimate of drug-likeness (QED) is 0.725. The Hall–Kier alpha value is -2.74. The van der Waals surface area contributed by atoms with Crippen LogP contribution in [0, 0.1) is 0 Å². The second-order valence-corrected chi connectivity index (χ2v) is 7.49. The van der Waals surface area contributed by atoms with Gasteiger partial charge in [-0.05, 0) is 42.8 Å². The lowest BCUT2D eigenvalue weighted by Gasteiger charge is -2.10. The van der Waals surface area contributed by atoms with Crippen molar-refractivity contribution in [3.63, 3.8) is 0 Å². The number of hydrogen-bond donors (Lipinski definition) is 2. The lowest BCUT2D eigenvalue weighted by molar-refractivity contribution is 0.0953. The lowest BCUT2D eigenvalue weighted by Crippen LogP contribution is -2.24. The van der Waals surface area contributed by atoms with Crippen molar-refractivity contribution in [1.29, 1.82) is 0 Å². The number of sulfonamides is 1. The Morgan fingerprint density at radius 2 is 1.81 bits per heavy atom. The third-order valence-corrected chi connectivity index (χ3v) is 5.26. The molecule has 1 aliphatic rings. The summed E-state index contributed by atoms with van der Waals surface area (Å²) >= 11 is 0. The van der Waals surface area contributed by atoms with Gasteiger partial charge in [0.05, 0.1) is 10.6 Å². The highest BCUT2D eigenvalue weighted by atomic mass is 32.2. The van der Waals surface area contributed by atoms with E-state index in [9.17, 15) is 13.2 Å². The monoisotopic (exact) mass is 376 g/mol. The molecule has 0 bridgehead atoms. The average Bonchev–Trinajstić information content (AvgIpc) is 3.09. The van der Waals surface area contributed by atoms with E-state index in [4.69, 9.17) is 9.47 Å². The van der Waals surface area contributed by atoms with E-state index in [2.05, 4.69) is 10.0 Å². The second-order valence-electron chi connectivity index (χ2n) is 5.81. The molecular weight excluding hydrogens is 356 g/mol. The SMILES string of the molecule is CCCCNC(=O)c1ccc(S(=O)(=O)Nc2ccc3c(c2)OCO3)cc1. The number of rotatable bonds is 7. The summed E-state index contributed by atoms with van der Waals surface area (Å²) in [4.78, 5) is 12.0. The summed E-state index contributed by atoms with van der Waals surface area (Å²) < 4.78 is 38.0. The first-order valence-corrected chi connectivity index (χ1v) is 9.78. The fourth-order valence-electron chi connectivity index (χ4n) is 2.44. The van der Waals surface area contributed by atoms with E-state index in [1.54, 1.807) is 18.2 Å². The molecule has 1 heterocycles. The van der Waals surface area contributed by atoms with Crippen LogP contribution in [0.1, 0.15) is 30.1 Å². The van der Waals surface area contributed by atoms with Gasteiger partial charge in [0.1, 0.15) is 0 Å². The van der Waals surface area contributed by atoms with Crippen LogP contribution >= 0.6 is 0 Å². The van der Waals surface area contributed by atoms with Crippen molar-refractivity contribution in [3.8, 4) is 11.5 Å². The summed E-state index contributed by atoms with van der Waals surface area (Å²) in [6, 6.07) is 10.6. The summed E-state index contributed by atoms with van der Waals surface area (Å²) in [6.45, 7) is 2.76. The van der Waals surface area contributed by atoms with Crippen molar-refractivity contribution >= 4 is 21.6 Å². The highest BCUT2D eigenvalue weighted by Crippen LogP contribution is 2.34. The molecule has 0 atom stereocenters. The number of amides is 1. The van der Waals surface area contributed by atoms with Gasteiger partial charge in [-0.1, -0.05) is 13.3 Å². The summed E-state index contributed by atoms with van der Waals surface area (Å²) in [5, 5.41) is 2.79. The largest absolute Gasteiger partial charge is 0.454 e. The predicted octanol–water partition coefficient (Wildman–Crippen LogP) is 2.75. The zero-order chi connectivity index (χ0) is 18.6. The van der Waals surface area contributed by atoms with E-state index < -0.39 is 10.0 Å². The van der Waals surface area contributed by atoms with Gasteiger partial charge in [-0.25, -0.2) is 8.42 Å². The Morgan fingerprint density at radius 3 is 2.54 bits per heavy atom. The van der Waals surface area contributed by atoms with Gasteiger partial charge in [-0.15, -0.1) is 0 Å². The van der Waals surface area contributed by atoms with E-state index in [-0.39, 0.29) is 17.6 Å². The Labute approximate surface area is 152 Å². The van der Waals surface area contributed by atoms with Crippen molar-refractivity contribution in [2.45, 2.75) is 24.7 Å². The first-order chi connectivity index (χ1) is 12.5. The van der Waals surface area contributed by atoms with Crippen molar-refractivity contribution in [3.05, 3.63) is 48.0 Å². The molecule has 0 aromatic heterocycles. The molecule has 2 aromatic rings. The van der Waals surface area contributed by atoms with Crippen LogP contribution in [-0.2, 0) is 10.0 Å². The third kappa shape index (κ3) is 4.08. The number of unbranched alkanes of at least 4 members (excludes halogenated alkanes) is 1. The number of carbonyl (C=O) groups is 1. The van der Waals surface area contributed by atoms with Crippen LogP contribution in [0.5, 0.6) is 11.5 Å². The van der Waals surface area contributed by atoms with Gasteiger partial charge in [0.2, 0.25) is 6.79 Å². The molecule has 2 N–H and O–H groups in total. The van der Waals surface area contributed by atoms with Crippen molar-refractivity contribution in [1.82, 2.24) is 5.32 Å². The molecule has 0 aliphatic carbocycles. The van der Waals surface area contributed by atoms with Gasteiger partial charge in [0.15, 0.2) is 11.5 Å². The molecule has 0 spiro atoms. The van der Waals surface area contributed by atoms with Crippen LogP contribution in [0.2, 0.25) is 0 Å². The lowest BCUT2D eigenvalue weighted by atomic mass is 10.2. The molecule has 2 aromatic carbocycles. The van der Waals surface area contributed by atoms with E-state index in [1.807, 2.05) is 6.92 Å². The predicted molar refractivity (Wildman–Crippen MR) is 97.1 cm³/mol. The number of ether oxygens (including phenoxy) is 2. The molecule has 1 amide bonds. The normalized spacial score (nSPS) is 12.7. The zero-order valence-electron chi connectivity index (χ0n) is 14.3. The molecule has 1 aliphatic heterocycles. The van der Waals surface area contributed by atoms with Crippen molar-refractivity contribution < 1.29 is 22.7 Å². The molecule has 7 nitrogen and oxygen atoms in total. The number of nitrogens with one attached hydrogen (secondary N) is 2. The van der Waals surface area contributed by atoms with Crippen molar-refractivity contribution in [2.75, 3.05) is 18.1 Å². The fourth-order valence-corrected chi connectivity index (χ4v) is 3.49. The Morgan fingerprint density at radius 1 is 1.08 bits per heavy atom. The topological polar surface area (TPSA) is 93.7 Å². The number of benzene rings is 2. The molecule has 0 saturated heterocycles. The summed E-state index contributed by atoms with van der Waals surface area (Å²) in [5.41, 5.74) is 0.791. The minimum Gasteiger partial charge on any atom is -0.454 e. The zero-order valence-corrected chi connectivity index (χ0v) is 15.1. The molecule has 0 fully saturated rings. The highest BCUT2D eigenvalue weighted by molar-refractivity contribution is 7.92. The second kappa shape index (κ2) is 7.65. The first-order valence-electron chi connectivity index (χ1n) is 8.30. The molecule has 138 valence electrons. The van der Waals surface area contributed by atoms with Gasteiger partial charge in [-0.2, -0.15) is 0 Å². The minimum absolute atomic E-state index is 0.0697. The summed E-state index contributed by atoms with van der Waals surface area (Å²) in [5.74, 6) is 0.849. The van der Waals surface area contributed by atoms with Crippen LogP contribution in [-0.4, -0.2) is 27.7 Å². The number of anilines is 1. The van der Waals surface area contributed by atoms with Crippen molar-refractivity contribution in [2.24, 2.45) is 0 Å². The Bertz CT molecular complexity index is 894. The maximum absolute atomic E-state index is 12.5. The Kier molecular flexibility index (Phi) is 5.32. The average molecular weight is 376 g/mol. The van der Waals surface area contributed by atoms with E-state index >= 15 is 0 Å². The standard InChI is InChI=1S/C18H20N2O5S/c1-2-3-10-19-18(21)13-4-7-15(8-5-13)26(22,23)20-14-6-9-16-17(11-14)25-12-24-16/h4-9,11,20H,2-3,10,12H2,1H3,(H,19,21). The molecule has 26 heavy (non-hydrogen) atoms. The van der Waals surface area contributed by atoms with Crippen LogP contribution in [0.4, 0.5) is 5.69 Å². The molecule has 3 rings (SSSR count). The maximum atomic E-state index is 12.5. The van der Waals surface area contributed by atoms with Gasteiger partial charge < -0.3 is 14.8 Å². The number of hydrogen-bond acceptors (Lipinski definition) is 5. The van der Waals surface area contributed by atoms with Gasteiger partial charge in [0.25, 0.3) is 15.9 Å². The highest BCUT2D eigenvalue weighted by Gasteiger charge is 2.18. The molecule has 0 radical (unpaired) electrons. The third-order valence-electron chi connectivity index (χ3n) is 3.87. The van der Waals surface area contributed by atoms with E-state index in [0.29, 0.717) is 29.3 Å². The van der Waals surface area contributed by atoms with Crippen LogP contribution in [0.25, 0.3) is 0 Å². The first kappa shape index (κ1) is 18.1. The minimum atomic E-state index is -3.77. The van der Waals surface area contributed by atoms with Gasteiger partial charge >= 0.3 is 0 Å². The Balaban J connectivity index is 1.70. The summed E-state index contributed by atoms with van der Waals surface area (Å²) in [6.07, 6.45) is 1.89. The van der Waals surface area contributed by atoms with E-state index in [0.717, 1.165) is 12.8 Å². The molecule has 0 saturated carbocycles.